The maximum absolute atomic E-state index is 12.6. The molecule has 2 unspecified atom stereocenters. The Kier molecular flexibility index (Phi) is 7.47. The summed E-state index contributed by atoms with van der Waals surface area (Å²) >= 11 is 11.9. The van der Waals surface area contributed by atoms with Crippen LogP contribution in [0.2, 0.25) is 10.2 Å². The SMILES string of the molecule is NCC1CCCC(CNC(=O)c2ccc(Cl)c(NC(=O)c3ccc(Cl)nc3)c2)C1. The first kappa shape index (κ1) is 21.6. The van der Waals surface area contributed by atoms with Gasteiger partial charge < -0.3 is 16.4 Å². The summed E-state index contributed by atoms with van der Waals surface area (Å²) in [6.45, 7) is 1.32. The number of hydrogen-bond donors (Lipinski definition) is 3. The molecule has 29 heavy (non-hydrogen) atoms. The summed E-state index contributed by atoms with van der Waals surface area (Å²) < 4.78 is 0. The number of hydrogen-bond acceptors (Lipinski definition) is 4. The van der Waals surface area contributed by atoms with Gasteiger partial charge in [-0.15, -0.1) is 0 Å². The molecule has 4 N–H and O–H groups in total. The minimum absolute atomic E-state index is 0.194. The molecule has 0 saturated heterocycles. The van der Waals surface area contributed by atoms with Gasteiger partial charge in [0.2, 0.25) is 0 Å². The summed E-state index contributed by atoms with van der Waals surface area (Å²) in [6.07, 6.45) is 5.85. The van der Waals surface area contributed by atoms with Gasteiger partial charge in [0.25, 0.3) is 11.8 Å². The Labute approximate surface area is 180 Å². The molecule has 1 aliphatic rings. The van der Waals surface area contributed by atoms with Crippen LogP contribution in [0.5, 0.6) is 0 Å². The lowest BCUT2D eigenvalue weighted by atomic mass is 9.81. The number of carbonyl (C=O) groups excluding carboxylic acids is 2. The Hall–Kier alpha value is -2.15. The maximum atomic E-state index is 12.6. The molecule has 6 nitrogen and oxygen atoms in total. The lowest BCUT2D eigenvalue weighted by molar-refractivity contribution is 0.0939. The van der Waals surface area contributed by atoms with Crippen molar-refractivity contribution >= 4 is 40.7 Å². The molecular formula is C21H24Cl2N4O2. The molecule has 1 fully saturated rings. The predicted octanol–water partition coefficient (Wildman–Crippen LogP) is 4.14. The number of halogens is 2. The first-order valence-electron chi connectivity index (χ1n) is 9.67. The summed E-state index contributed by atoms with van der Waals surface area (Å²) in [7, 11) is 0. The normalized spacial score (nSPS) is 18.9. The fourth-order valence-corrected chi connectivity index (χ4v) is 3.88. The summed E-state index contributed by atoms with van der Waals surface area (Å²) in [5.74, 6) is 0.416. The van der Waals surface area contributed by atoms with Crippen molar-refractivity contribution in [1.82, 2.24) is 10.3 Å². The van der Waals surface area contributed by atoms with E-state index >= 15 is 0 Å². The molecule has 0 aliphatic heterocycles. The molecule has 154 valence electrons. The third-order valence-corrected chi connectivity index (χ3v) is 5.80. The molecule has 0 radical (unpaired) electrons. The van der Waals surface area contributed by atoms with Crippen LogP contribution in [-0.2, 0) is 0 Å². The second-order valence-electron chi connectivity index (χ2n) is 7.36. The largest absolute Gasteiger partial charge is 0.352 e. The van der Waals surface area contributed by atoms with E-state index in [2.05, 4.69) is 15.6 Å². The van der Waals surface area contributed by atoms with Gasteiger partial charge in [0.1, 0.15) is 5.15 Å². The van der Waals surface area contributed by atoms with Crippen LogP contribution in [0.1, 0.15) is 46.4 Å². The summed E-state index contributed by atoms with van der Waals surface area (Å²) in [6, 6.07) is 7.90. The standard InChI is InChI=1S/C21H24Cl2N4O2/c22-17-6-4-15(20(28)26-11-14-3-1-2-13(8-14)10-24)9-18(17)27-21(29)16-5-7-19(23)25-12-16/h4-7,9,12-14H,1-3,8,10-11,24H2,(H,26,28)(H,27,29). The summed E-state index contributed by atoms with van der Waals surface area (Å²) in [4.78, 5) is 28.9. The molecule has 0 bridgehead atoms. The van der Waals surface area contributed by atoms with E-state index in [9.17, 15) is 9.59 Å². The number of carbonyl (C=O) groups is 2. The van der Waals surface area contributed by atoms with Crippen molar-refractivity contribution in [2.45, 2.75) is 25.7 Å². The average Bonchev–Trinajstić information content (AvgIpc) is 2.74. The van der Waals surface area contributed by atoms with Gasteiger partial charge in [-0.3, -0.25) is 9.59 Å². The fraction of sp³-hybridized carbons (Fsp3) is 0.381. The lowest BCUT2D eigenvalue weighted by Crippen LogP contribution is -2.33. The molecule has 1 aromatic carbocycles. The van der Waals surface area contributed by atoms with Gasteiger partial charge in [-0.05, 0) is 68.0 Å². The van der Waals surface area contributed by atoms with E-state index < -0.39 is 0 Å². The van der Waals surface area contributed by atoms with Crippen molar-refractivity contribution in [3.63, 3.8) is 0 Å². The van der Waals surface area contributed by atoms with E-state index in [1.165, 1.54) is 18.7 Å². The van der Waals surface area contributed by atoms with Gasteiger partial charge in [-0.1, -0.05) is 29.6 Å². The molecule has 3 rings (SSSR count). The predicted molar refractivity (Wildman–Crippen MR) is 115 cm³/mol. The Morgan fingerprint density at radius 2 is 1.83 bits per heavy atom. The molecule has 0 spiro atoms. The fourth-order valence-electron chi connectivity index (χ4n) is 3.61. The summed E-state index contributed by atoms with van der Waals surface area (Å²) in [5.41, 5.74) is 6.92. The number of aromatic nitrogens is 1. The molecule has 1 aliphatic carbocycles. The Bertz CT molecular complexity index is 873. The zero-order valence-corrected chi connectivity index (χ0v) is 17.5. The number of pyridine rings is 1. The van der Waals surface area contributed by atoms with Gasteiger partial charge in [-0.2, -0.15) is 0 Å². The number of amides is 2. The second-order valence-corrected chi connectivity index (χ2v) is 8.16. The maximum Gasteiger partial charge on any atom is 0.257 e. The van der Waals surface area contributed by atoms with Crippen LogP contribution < -0.4 is 16.4 Å². The van der Waals surface area contributed by atoms with E-state index in [-0.39, 0.29) is 11.8 Å². The van der Waals surface area contributed by atoms with Crippen molar-refractivity contribution < 1.29 is 9.59 Å². The topological polar surface area (TPSA) is 97.1 Å². The first-order chi connectivity index (χ1) is 14.0. The van der Waals surface area contributed by atoms with Gasteiger partial charge in [0.05, 0.1) is 16.3 Å². The molecule has 1 aromatic heterocycles. The van der Waals surface area contributed by atoms with Crippen LogP contribution in [0, 0.1) is 11.8 Å². The highest BCUT2D eigenvalue weighted by atomic mass is 35.5. The Morgan fingerprint density at radius 3 is 2.55 bits per heavy atom. The number of nitrogens with two attached hydrogens (primary N) is 1. The minimum atomic E-state index is -0.386. The van der Waals surface area contributed by atoms with Crippen LogP contribution in [0.4, 0.5) is 5.69 Å². The lowest BCUT2D eigenvalue weighted by Gasteiger charge is -2.28. The second kappa shape index (κ2) is 10.1. The number of nitrogens with one attached hydrogen (secondary N) is 2. The van der Waals surface area contributed by atoms with Crippen molar-refractivity contribution in [1.29, 1.82) is 0 Å². The minimum Gasteiger partial charge on any atom is -0.352 e. The van der Waals surface area contributed by atoms with Crippen molar-refractivity contribution in [2.24, 2.45) is 17.6 Å². The molecule has 2 atom stereocenters. The highest BCUT2D eigenvalue weighted by molar-refractivity contribution is 6.34. The van der Waals surface area contributed by atoms with Crippen LogP contribution in [0.15, 0.2) is 36.5 Å². The zero-order chi connectivity index (χ0) is 20.8. The zero-order valence-electron chi connectivity index (χ0n) is 16.0. The van der Waals surface area contributed by atoms with E-state index in [0.29, 0.717) is 51.9 Å². The van der Waals surface area contributed by atoms with Crippen molar-refractivity contribution in [3.05, 3.63) is 57.8 Å². The van der Waals surface area contributed by atoms with Crippen LogP contribution in [0.3, 0.4) is 0 Å². The smallest absolute Gasteiger partial charge is 0.257 e. The number of anilines is 1. The molecule has 1 saturated carbocycles. The number of nitrogens with zero attached hydrogens (tertiary/aromatic N) is 1. The number of benzene rings is 1. The number of rotatable bonds is 6. The highest BCUT2D eigenvalue weighted by Crippen LogP contribution is 2.28. The molecule has 2 aromatic rings. The van der Waals surface area contributed by atoms with Crippen molar-refractivity contribution in [2.75, 3.05) is 18.4 Å². The van der Waals surface area contributed by atoms with E-state index in [0.717, 1.165) is 19.3 Å². The van der Waals surface area contributed by atoms with E-state index in [1.807, 2.05) is 0 Å². The Balaban J connectivity index is 1.62. The summed E-state index contributed by atoms with van der Waals surface area (Å²) in [5, 5.41) is 6.35. The third-order valence-electron chi connectivity index (χ3n) is 5.24. The highest BCUT2D eigenvalue weighted by Gasteiger charge is 2.21. The molecule has 8 heteroatoms. The monoisotopic (exact) mass is 434 g/mol. The molecule has 1 heterocycles. The van der Waals surface area contributed by atoms with Crippen LogP contribution >= 0.6 is 23.2 Å². The molecule has 2 amide bonds. The van der Waals surface area contributed by atoms with Crippen LogP contribution in [-0.4, -0.2) is 29.9 Å². The molecular weight excluding hydrogens is 411 g/mol. The van der Waals surface area contributed by atoms with Crippen molar-refractivity contribution in [3.8, 4) is 0 Å². The van der Waals surface area contributed by atoms with Gasteiger partial charge in [0, 0.05) is 18.3 Å². The van der Waals surface area contributed by atoms with E-state index in [4.69, 9.17) is 28.9 Å². The van der Waals surface area contributed by atoms with Crippen LogP contribution in [0.25, 0.3) is 0 Å². The first-order valence-corrected chi connectivity index (χ1v) is 10.4. The quantitative estimate of drug-likeness (QED) is 0.595. The van der Waals surface area contributed by atoms with Gasteiger partial charge in [-0.25, -0.2) is 4.98 Å². The van der Waals surface area contributed by atoms with Gasteiger partial charge in [0.15, 0.2) is 0 Å². The Morgan fingerprint density at radius 1 is 1.07 bits per heavy atom. The average molecular weight is 435 g/mol. The van der Waals surface area contributed by atoms with Gasteiger partial charge >= 0.3 is 0 Å². The third kappa shape index (κ3) is 5.92. The van der Waals surface area contributed by atoms with E-state index in [1.54, 1.807) is 24.3 Å².